The van der Waals surface area contributed by atoms with Crippen LogP contribution in [0.5, 0.6) is 5.75 Å². The lowest BCUT2D eigenvalue weighted by Gasteiger charge is -2.25. The maximum absolute atomic E-state index is 12.9. The first kappa shape index (κ1) is 21.9. The number of ketones is 1. The van der Waals surface area contributed by atoms with Crippen molar-refractivity contribution in [3.63, 3.8) is 0 Å². The van der Waals surface area contributed by atoms with E-state index in [4.69, 9.17) is 21.1 Å². The molecule has 0 spiro atoms. The first-order valence-corrected chi connectivity index (χ1v) is 9.94. The van der Waals surface area contributed by atoms with E-state index in [1.54, 1.807) is 56.7 Å². The van der Waals surface area contributed by atoms with E-state index in [9.17, 15) is 14.7 Å². The van der Waals surface area contributed by atoms with Crippen LogP contribution in [0.2, 0.25) is 5.02 Å². The van der Waals surface area contributed by atoms with Gasteiger partial charge >= 0.3 is 0 Å². The third-order valence-corrected chi connectivity index (χ3v) is 5.39. The Balaban J connectivity index is 2.12. The highest BCUT2D eigenvalue weighted by Crippen LogP contribution is 2.40. The van der Waals surface area contributed by atoms with Gasteiger partial charge in [0.15, 0.2) is 0 Å². The largest absolute Gasteiger partial charge is 0.507 e. The highest BCUT2D eigenvalue weighted by atomic mass is 35.5. The van der Waals surface area contributed by atoms with Crippen molar-refractivity contribution in [1.82, 2.24) is 4.90 Å². The van der Waals surface area contributed by atoms with E-state index in [0.29, 0.717) is 41.5 Å². The number of hydrogen-bond donors (Lipinski definition) is 1. The molecule has 3 rings (SSSR count). The first-order valence-electron chi connectivity index (χ1n) is 9.56. The molecule has 1 aliphatic rings. The standard InChI is InChI=1S/C23H24ClNO5/c1-14-13-16(7-10-18(14)30-3)21(26)19-20(15-5-8-17(24)9-6-15)25(11-4-12-29-2)23(28)22(19)27/h5-10,13,20,26H,4,11-12H2,1-3H3/b21-19-. The van der Waals surface area contributed by atoms with Crippen molar-refractivity contribution in [3.8, 4) is 5.75 Å². The third kappa shape index (κ3) is 4.20. The Kier molecular flexibility index (Phi) is 6.80. The van der Waals surface area contributed by atoms with Gasteiger partial charge in [0.05, 0.1) is 18.7 Å². The molecular formula is C23H24ClNO5. The normalized spacial score (nSPS) is 18.1. The number of nitrogens with zero attached hydrogens (tertiary/aromatic N) is 1. The predicted octanol–water partition coefficient (Wildman–Crippen LogP) is 4.12. The highest BCUT2D eigenvalue weighted by molar-refractivity contribution is 6.46. The van der Waals surface area contributed by atoms with Crippen LogP contribution in [0, 0.1) is 6.92 Å². The fraction of sp³-hybridized carbons (Fsp3) is 0.304. The van der Waals surface area contributed by atoms with Gasteiger partial charge in [0, 0.05) is 30.8 Å². The minimum Gasteiger partial charge on any atom is -0.507 e. The molecule has 0 bridgehead atoms. The Morgan fingerprint density at radius 2 is 1.83 bits per heavy atom. The molecule has 0 aromatic heterocycles. The van der Waals surface area contributed by atoms with Crippen LogP contribution in [-0.2, 0) is 14.3 Å². The summed E-state index contributed by atoms with van der Waals surface area (Å²) in [4.78, 5) is 27.2. The Hall–Kier alpha value is -2.83. The van der Waals surface area contributed by atoms with E-state index >= 15 is 0 Å². The zero-order chi connectivity index (χ0) is 21.8. The van der Waals surface area contributed by atoms with Crippen LogP contribution in [0.25, 0.3) is 5.76 Å². The number of aliphatic hydroxyl groups excluding tert-OH is 1. The second kappa shape index (κ2) is 9.32. The van der Waals surface area contributed by atoms with Crippen molar-refractivity contribution >= 4 is 29.1 Å². The second-order valence-corrected chi connectivity index (χ2v) is 7.51. The Morgan fingerprint density at radius 1 is 1.13 bits per heavy atom. The summed E-state index contributed by atoms with van der Waals surface area (Å²) in [5.74, 6) is -0.898. The van der Waals surface area contributed by atoms with Crippen LogP contribution in [-0.4, -0.2) is 49.1 Å². The molecule has 7 heteroatoms. The molecule has 30 heavy (non-hydrogen) atoms. The fourth-order valence-electron chi connectivity index (χ4n) is 3.66. The lowest BCUT2D eigenvalue weighted by atomic mass is 9.94. The van der Waals surface area contributed by atoms with Crippen molar-refractivity contribution in [2.45, 2.75) is 19.4 Å². The maximum Gasteiger partial charge on any atom is 0.295 e. The molecule has 0 aliphatic carbocycles. The summed E-state index contributed by atoms with van der Waals surface area (Å²) >= 11 is 6.02. The van der Waals surface area contributed by atoms with Gasteiger partial charge < -0.3 is 19.5 Å². The highest BCUT2D eigenvalue weighted by Gasteiger charge is 2.45. The summed E-state index contributed by atoms with van der Waals surface area (Å²) in [6, 6.07) is 11.3. The number of hydrogen-bond acceptors (Lipinski definition) is 5. The molecule has 0 saturated carbocycles. The number of rotatable bonds is 7. The van der Waals surface area contributed by atoms with Crippen LogP contribution in [0.3, 0.4) is 0 Å². The van der Waals surface area contributed by atoms with E-state index in [1.165, 1.54) is 4.90 Å². The number of carbonyl (C=O) groups is 2. The van der Waals surface area contributed by atoms with E-state index < -0.39 is 17.7 Å². The van der Waals surface area contributed by atoms with Gasteiger partial charge in [-0.2, -0.15) is 0 Å². The van der Waals surface area contributed by atoms with Crippen molar-refractivity contribution in [2.75, 3.05) is 27.4 Å². The molecule has 2 aromatic rings. The van der Waals surface area contributed by atoms with Crippen LogP contribution < -0.4 is 4.74 Å². The Labute approximate surface area is 180 Å². The molecule has 2 aromatic carbocycles. The van der Waals surface area contributed by atoms with Gasteiger partial charge in [0.25, 0.3) is 11.7 Å². The quantitative estimate of drug-likeness (QED) is 0.310. The van der Waals surface area contributed by atoms with Gasteiger partial charge in [-0.25, -0.2) is 0 Å². The SMILES string of the molecule is COCCCN1C(=O)C(=O)/C(=C(\O)c2ccc(OC)c(C)c2)C1c1ccc(Cl)cc1. The third-order valence-electron chi connectivity index (χ3n) is 5.14. The molecule has 158 valence electrons. The number of Topliss-reactive ketones (excluding diaryl/α,β-unsaturated/α-hetero) is 1. The maximum atomic E-state index is 12.9. The lowest BCUT2D eigenvalue weighted by Crippen LogP contribution is -2.31. The van der Waals surface area contributed by atoms with Gasteiger partial charge in [0.1, 0.15) is 11.5 Å². The van der Waals surface area contributed by atoms with E-state index in [1.807, 2.05) is 6.92 Å². The Morgan fingerprint density at radius 3 is 2.43 bits per heavy atom. The molecule has 1 atom stereocenters. The summed E-state index contributed by atoms with van der Waals surface area (Å²) < 4.78 is 10.4. The first-order chi connectivity index (χ1) is 14.4. The van der Waals surface area contributed by atoms with Crippen molar-refractivity contribution in [1.29, 1.82) is 0 Å². The number of amides is 1. The predicted molar refractivity (Wildman–Crippen MR) is 115 cm³/mol. The summed E-state index contributed by atoms with van der Waals surface area (Å²) in [6.07, 6.45) is 0.565. The fourth-order valence-corrected chi connectivity index (χ4v) is 3.79. The molecule has 1 fully saturated rings. The number of methoxy groups -OCH3 is 2. The van der Waals surface area contributed by atoms with Gasteiger partial charge in [-0.3, -0.25) is 9.59 Å². The number of aliphatic hydroxyl groups is 1. The summed E-state index contributed by atoms with van der Waals surface area (Å²) in [5, 5.41) is 11.6. The molecule has 1 saturated heterocycles. The molecule has 1 unspecified atom stereocenters. The van der Waals surface area contributed by atoms with Crippen LogP contribution in [0.15, 0.2) is 48.0 Å². The van der Waals surface area contributed by atoms with Crippen LogP contribution in [0.4, 0.5) is 0 Å². The molecular weight excluding hydrogens is 406 g/mol. The van der Waals surface area contributed by atoms with Crippen LogP contribution in [0.1, 0.15) is 29.2 Å². The Bertz CT molecular complexity index is 984. The molecule has 1 N–H and O–H groups in total. The zero-order valence-corrected chi connectivity index (χ0v) is 17.9. The lowest BCUT2D eigenvalue weighted by molar-refractivity contribution is -0.140. The van der Waals surface area contributed by atoms with E-state index in [-0.39, 0.29) is 11.3 Å². The molecule has 1 aliphatic heterocycles. The average molecular weight is 430 g/mol. The number of halogens is 1. The monoisotopic (exact) mass is 429 g/mol. The van der Waals surface area contributed by atoms with Crippen molar-refractivity contribution in [2.24, 2.45) is 0 Å². The summed E-state index contributed by atoms with van der Waals surface area (Å²) in [7, 11) is 3.14. The van der Waals surface area contributed by atoms with Crippen molar-refractivity contribution in [3.05, 3.63) is 69.8 Å². The molecule has 1 heterocycles. The molecule has 6 nitrogen and oxygen atoms in total. The molecule has 0 radical (unpaired) electrons. The number of ether oxygens (including phenoxy) is 2. The number of carbonyl (C=O) groups excluding carboxylic acids is 2. The van der Waals surface area contributed by atoms with Gasteiger partial charge in [-0.15, -0.1) is 0 Å². The minimum atomic E-state index is -0.710. The van der Waals surface area contributed by atoms with Gasteiger partial charge in [-0.05, 0) is 54.8 Å². The number of benzene rings is 2. The molecule has 1 amide bonds. The number of likely N-dealkylation sites (tertiary alicyclic amines) is 1. The van der Waals surface area contributed by atoms with Crippen LogP contribution >= 0.6 is 11.6 Å². The zero-order valence-electron chi connectivity index (χ0n) is 17.1. The average Bonchev–Trinajstić information content (AvgIpc) is 2.99. The number of aryl methyl sites for hydroxylation is 1. The second-order valence-electron chi connectivity index (χ2n) is 7.07. The van der Waals surface area contributed by atoms with Gasteiger partial charge in [-0.1, -0.05) is 23.7 Å². The minimum absolute atomic E-state index is 0.0595. The van der Waals surface area contributed by atoms with Gasteiger partial charge in [0.2, 0.25) is 0 Å². The van der Waals surface area contributed by atoms with E-state index in [2.05, 4.69) is 0 Å². The summed E-state index contributed by atoms with van der Waals surface area (Å²) in [5.41, 5.74) is 2.01. The van der Waals surface area contributed by atoms with E-state index in [0.717, 1.165) is 5.56 Å². The summed E-state index contributed by atoms with van der Waals surface area (Å²) in [6.45, 7) is 2.62. The topological polar surface area (TPSA) is 76.1 Å². The smallest absolute Gasteiger partial charge is 0.295 e. The van der Waals surface area contributed by atoms with Crippen molar-refractivity contribution < 1.29 is 24.2 Å².